The molecule has 2 rings (SSSR count). The molecule has 1 aromatic heterocycles. The minimum absolute atomic E-state index is 0.319. The van der Waals surface area contributed by atoms with E-state index in [2.05, 4.69) is 0 Å². The third-order valence-corrected chi connectivity index (χ3v) is 3.60. The van der Waals surface area contributed by atoms with Gasteiger partial charge in [0.25, 0.3) is 0 Å². The van der Waals surface area contributed by atoms with E-state index in [0.29, 0.717) is 13.0 Å². The van der Waals surface area contributed by atoms with Crippen molar-refractivity contribution in [3.05, 3.63) is 54.9 Å². The maximum atomic E-state index is 10.5. The molecule has 0 unspecified atom stereocenters. The standard InChI is InChI=1S/C14H15NO3S/c16-19(17,18)12-4-9-15-10-7-14(8-11-15)13-5-2-1-3-6-13/h1-3,5-8,10-11H,4,9,12H2. The van der Waals surface area contributed by atoms with Gasteiger partial charge in [-0.3, -0.25) is 0 Å². The minimum Gasteiger partial charge on any atom is -0.748 e. The third-order valence-electron chi connectivity index (χ3n) is 2.81. The lowest BCUT2D eigenvalue weighted by atomic mass is 10.1. The number of aromatic nitrogens is 1. The second-order valence-corrected chi connectivity index (χ2v) is 5.83. The van der Waals surface area contributed by atoms with Crippen LogP contribution in [0, 0.1) is 0 Å². The molecule has 0 saturated carbocycles. The average Bonchev–Trinajstić information content (AvgIpc) is 2.39. The first-order valence-corrected chi connectivity index (χ1v) is 7.60. The van der Waals surface area contributed by atoms with Crippen LogP contribution in [0.5, 0.6) is 0 Å². The van der Waals surface area contributed by atoms with Crippen LogP contribution in [-0.2, 0) is 16.7 Å². The van der Waals surface area contributed by atoms with Crippen molar-refractivity contribution in [1.29, 1.82) is 0 Å². The fourth-order valence-corrected chi connectivity index (χ4v) is 2.34. The van der Waals surface area contributed by atoms with Gasteiger partial charge >= 0.3 is 0 Å². The van der Waals surface area contributed by atoms with Crippen LogP contribution >= 0.6 is 0 Å². The number of hydrogen-bond acceptors (Lipinski definition) is 3. The molecule has 0 spiro atoms. The highest BCUT2D eigenvalue weighted by Crippen LogP contribution is 2.16. The summed E-state index contributed by atoms with van der Waals surface area (Å²) < 4.78 is 33.4. The number of pyridine rings is 1. The van der Waals surface area contributed by atoms with Crippen molar-refractivity contribution in [1.82, 2.24) is 0 Å². The summed E-state index contributed by atoms with van der Waals surface area (Å²) in [6.07, 6.45) is 4.11. The molecule has 1 aromatic carbocycles. The molecular weight excluding hydrogens is 262 g/mol. The molecule has 4 nitrogen and oxygen atoms in total. The summed E-state index contributed by atoms with van der Waals surface area (Å²) in [7, 11) is -4.11. The first-order valence-electron chi connectivity index (χ1n) is 6.03. The normalized spacial score (nSPS) is 11.4. The molecule has 0 atom stereocenters. The van der Waals surface area contributed by atoms with Gasteiger partial charge in [-0.05, 0) is 11.1 Å². The molecule has 0 radical (unpaired) electrons. The molecule has 100 valence electrons. The van der Waals surface area contributed by atoms with Gasteiger partial charge in [0.05, 0.1) is 10.1 Å². The summed E-state index contributed by atoms with van der Waals surface area (Å²) in [5, 5.41) is 0. The van der Waals surface area contributed by atoms with E-state index in [9.17, 15) is 13.0 Å². The molecule has 19 heavy (non-hydrogen) atoms. The fraction of sp³-hybridized carbons (Fsp3) is 0.214. The van der Waals surface area contributed by atoms with Gasteiger partial charge in [0, 0.05) is 24.3 Å². The van der Waals surface area contributed by atoms with Crippen molar-refractivity contribution < 1.29 is 17.5 Å². The van der Waals surface area contributed by atoms with E-state index in [-0.39, 0.29) is 5.75 Å². The van der Waals surface area contributed by atoms with Crippen LogP contribution in [0.1, 0.15) is 6.42 Å². The molecular formula is C14H15NO3S. The summed E-state index contributed by atoms with van der Waals surface area (Å²) in [4.78, 5) is 0. The number of benzene rings is 1. The molecule has 0 fully saturated rings. The number of rotatable bonds is 5. The van der Waals surface area contributed by atoms with Crippen LogP contribution in [0.15, 0.2) is 54.9 Å². The van der Waals surface area contributed by atoms with E-state index in [1.807, 2.05) is 59.4 Å². The zero-order valence-corrected chi connectivity index (χ0v) is 11.2. The summed E-state index contributed by atoms with van der Waals surface area (Å²) in [5.74, 6) is -0.319. The van der Waals surface area contributed by atoms with Crippen molar-refractivity contribution in [2.45, 2.75) is 13.0 Å². The van der Waals surface area contributed by atoms with Gasteiger partial charge in [-0.25, -0.2) is 13.0 Å². The second-order valence-electron chi connectivity index (χ2n) is 4.31. The van der Waals surface area contributed by atoms with Crippen LogP contribution in [-0.4, -0.2) is 18.7 Å². The lowest BCUT2D eigenvalue weighted by Crippen LogP contribution is -2.33. The lowest BCUT2D eigenvalue weighted by molar-refractivity contribution is -0.696. The second kappa shape index (κ2) is 5.95. The van der Waals surface area contributed by atoms with E-state index in [4.69, 9.17) is 0 Å². The van der Waals surface area contributed by atoms with Crippen molar-refractivity contribution >= 4 is 10.1 Å². The van der Waals surface area contributed by atoms with Crippen LogP contribution in [0.3, 0.4) is 0 Å². The van der Waals surface area contributed by atoms with E-state index >= 15 is 0 Å². The molecule has 0 N–H and O–H groups in total. The van der Waals surface area contributed by atoms with Crippen molar-refractivity contribution in [3.8, 4) is 11.1 Å². The van der Waals surface area contributed by atoms with Gasteiger partial charge in [-0.15, -0.1) is 0 Å². The Balaban J connectivity index is 1.99. The molecule has 2 aromatic rings. The Labute approximate surface area is 113 Å². The molecule has 5 heteroatoms. The Morgan fingerprint density at radius 3 is 2.11 bits per heavy atom. The Bertz CT molecular complexity index is 622. The van der Waals surface area contributed by atoms with Crippen molar-refractivity contribution in [2.75, 3.05) is 5.75 Å². The SMILES string of the molecule is O=S(=O)([O-])CCC[n+]1ccc(-c2ccccc2)cc1. The quantitative estimate of drug-likeness (QED) is 0.615. The summed E-state index contributed by atoms with van der Waals surface area (Å²) in [6.45, 7) is 0.524. The zero-order chi connectivity index (χ0) is 13.7. The molecule has 0 amide bonds. The number of aryl methyl sites for hydroxylation is 1. The molecule has 0 aliphatic carbocycles. The monoisotopic (exact) mass is 277 g/mol. The van der Waals surface area contributed by atoms with Gasteiger partial charge in [-0.1, -0.05) is 30.3 Å². The average molecular weight is 277 g/mol. The third kappa shape index (κ3) is 4.46. The van der Waals surface area contributed by atoms with E-state index < -0.39 is 10.1 Å². The lowest BCUT2D eigenvalue weighted by Gasteiger charge is -2.04. The minimum atomic E-state index is -4.11. The van der Waals surface area contributed by atoms with E-state index in [0.717, 1.165) is 11.1 Å². The molecule has 0 aliphatic rings. The smallest absolute Gasteiger partial charge is 0.169 e. The Morgan fingerprint density at radius 1 is 0.947 bits per heavy atom. The topological polar surface area (TPSA) is 61.1 Å². The van der Waals surface area contributed by atoms with Crippen molar-refractivity contribution in [3.63, 3.8) is 0 Å². The first-order chi connectivity index (χ1) is 9.04. The largest absolute Gasteiger partial charge is 0.748 e. The van der Waals surface area contributed by atoms with Crippen LogP contribution in [0.4, 0.5) is 0 Å². The predicted molar refractivity (Wildman–Crippen MR) is 71.3 cm³/mol. The summed E-state index contributed by atoms with van der Waals surface area (Å²) in [6, 6.07) is 13.9. The van der Waals surface area contributed by atoms with Crippen LogP contribution < -0.4 is 4.57 Å². The molecule has 0 aliphatic heterocycles. The Hall–Kier alpha value is -1.72. The van der Waals surface area contributed by atoms with Gasteiger partial charge < -0.3 is 4.55 Å². The maximum Gasteiger partial charge on any atom is 0.169 e. The summed E-state index contributed by atoms with van der Waals surface area (Å²) in [5.41, 5.74) is 2.24. The number of hydrogen-bond donors (Lipinski definition) is 0. The maximum absolute atomic E-state index is 10.5. The Kier molecular flexibility index (Phi) is 4.29. The van der Waals surface area contributed by atoms with Gasteiger partial charge in [0.1, 0.15) is 6.54 Å². The predicted octanol–water partition coefficient (Wildman–Crippen LogP) is 1.58. The molecule has 0 bridgehead atoms. The van der Waals surface area contributed by atoms with Crippen LogP contribution in [0.2, 0.25) is 0 Å². The molecule has 0 saturated heterocycles. The highest BCUT2D eigenvalue weighted by molar-refractivity contribution is 7.85. The van der Waals surface area contributed by atoms with Crippen molar-refractivity contribution in [2.24, 2.45) is 0 Å². The summed E-state index contributed by atoms with van der Waals surface area (Å²) >= 11 is 0. The zero-order valence-electron chi connectivity index (χ0n) is 10.4. The van der Waals surface area contributed by atoms with E-state index in [1.54, 1.807) is 0 Å². The molecule has 1 heterocycles. The van der Waals surface area contributed by atoms with E-state index in [1.165, 1.54) is 0 Å². The van der Waals surface area contributed by atoms with Gasteiger partial charge in [-0.2, -0.15) is 0 Å². The highest BCUT2D eigenvalue weighted by Gasteiger charge is 2.04. The van der Waals surface area contributed by atoms with Crippen LogP contribution in [0.25, 0.3) is 11.1 Å². The highest BCUT2D eigenvalue weighted by atomic mass is 32.2. The van der Waals surface area contributed by atoms with Gasteiger partial charge in [0.2, 0.25) is 0 Å². The number of nitrogens with zero attached hydrogens (tertiary/aromatic N) is 1. The van der Waals surface area contributed by atoms with Gasteiger partial charge in [0.15, 0.2) is 12.4 Å². The first kappa shape index (κ1) is 13.7. The Morgan fingerprint density at radius 2 is 1.53 bits per heavy atom. The fourth-order valence-electron chi connectivity index (χ4n) is 1.85.